The second-order valence-corrected chi connectivity index (χ2v) is 7.27. The number of aromatic nitrogens is 1. The van der Waals surface area contributed by atoms with Crippen LogP contribution in [0.25, 0.3) is 11.5 Å². The number of rotatable bonds is 7. The molecule has 4 rings (SSSR count). The van der Waals surface area contributed by atoms with Crippen LogP contribution in [0, 0.1) is 6.92 Å². The molecule has 1 saturated heterocycles. The van der Waals surface area contributed by atoms with Crippen molar-refractivity contribution in [1.82, 2.24) is 10.3 Å². The molecular weight excluding hydrogens is 384 g/mol. The first-order valence-corrected chi connectivity index (χ1v) is 9.79. The van der Waals surface area contributed by atoms with Crippen LogP contribution < -0.4 is 5.32 Å². The molecule has 2 N–H and O–H groups in total. The zero-order chi connectivity index (χ0) is 21.1. The molecule has 1 aromatic heterocycles. The van der Waals surface area contributed by atoms with Crippen molar-refractivity contribution in [2.75, 3.05) is 0 Å². The van der Waals surface area contributed by atoms with Crippen molar-refractivity contribution in [1.29, 1.82) is 0 Å². The highest BCUT2D eigenvalue weighted by atomic mass is 16.6. The minimum atomic E-state index is -0.803. The van der Waals surface area contributed by atoms with Crippen molar-refractivity contribution in [3.63, 3.8) is 0 Å². The largest absolute Gasteiger partial charge is 0.441 e. The number of aliphatic hydroxyl groups excluding tert-OH is 1. The maximum Gasteiger partial charge on any atom is 0.414 e. The predicted molar refractivity (Wildman–Crippen MR) is 109 cm³/mol. The maximum absolute atomic E-state index is 11.6. The highest BCUT2D eigenvalue weighted by Gasteiger charge is 2.32. The first kappa shape index (κ1) is 19.8. The molecule has 2 amide bonds. The van der Waals surface area contributed by atoms with E-state index in [1.807, 2.05) is 61.5 Å². The number of aryl methyl sites for hydroxylation is 2. The molecule has 1 aliphatic rings. The van der Waals surface area contributed by atoms with Crippen LogP contribution in [-0.2, 0) is 22.4 Å². The third kappa shape index (κ3) is 4.41. The summed E-state index contributed by atoms with van der Waals surface area (Å²) in [5.74, 6) is 0.904. The second-order valence-electron chi connectivity index (χ2n) is 7.27. The molecule has 7 heteroatoms. The van der Waals surface area contributed by atoms with Gasteiger partial charge in [-0.1, -0.05) is 42.5 Å². The van der Waals surface area contributed by atoms with E-state index in [4.69, 9.17) is 9.15 Å². The Morgan fingerprint density at radius 1 is 1.10 bits per heavy atom. The Hall–Kier alpha value is -3.45. The minimum absolute atomic E-state index is 0.300. The lowest BCUT2D eigenvalue weighted by Gasteiger charge is -2.12. The van der Waals surface area contributed by atoms with Crippen LogP contribution in [0.3, 0.4) is 0 Å². The van der Waals surface area contributed by atoms with Gasteiger partial charge in [0.1, 0.15) is 5.76 Å². The number of carbonyl (C=O) groups is 2. The number of cyclic esters (lactones) is 1. The minimum Gasteiger partial charge on any atom is -0.441 e. The number of hydrogen-bond donors (Lipinski definition) is 2. The molecular formula is C23H22N2O5. The van der Waals surface area contributed by atoms with Gasteiger partial charge in [-0.25, -0.2) is 9.78 Å². The van der Waals surface area contributed by atoms with E-state index < -0.39 is 24.2 Å². The Bertz CT molecular complexity index is 1040. The normalized spacial score (nSPS) is 16.9. The molecule has 1 aliphatic heterocycles. The van der Waals surface area contributed by atoms with Crippen molar-refractivity contribution in [2.45, 2.75) is 38.4 Å². The first-order valence-electron chi connectivity index (χ1n) is 9.79. The summed E-state index contributed by atoms with van der Waals surface area (Å²) in [5.41, 5.74) is 3.37. The lowest BCUT2D eigenvalue weighted by atomic mass is 10.00. The summed E-state index contributed by atoms with van der Waals surface area (Å²) < 4.78 is 10.7. The highest BCUT2D eigenvalue weighted by molar-refractivity contribution is 6.00. The molecule has 2 unspecified atom stereocenters. The van der Waals surface area contributed by atoms with Crippen molar-refractivity contribution < 1.29 is 23.8 Å². The molecule has 30 heavy (non-hydrogen) atoms. The smallest absolute Gasteiger partial charge is 0.414 e. The van der Waals surface area contributed by atoms with Crippen molar-refractivity contribution in [3.05, 3.63) is 77.2 Å². The summed E-state index contributed by atoms with van der Waals surface area (Å²) in [7, 11) is 0. The Morgan fingerprint density at radius 2 is 1.83 bits per heavy atom. The van der Waals surface area contributed by atoms with Gasteiger partial charge in [0.2, 0.25) is 5.89 Å². The lowest BCUT2D eigenvalue weighted by molar-refractivity contribution is -0.123. The molecule has 0 aliphatic carbocycles. The van der Waals surface area contributed by atoms with Crippen molar-refractivity contribution in [2.24, 2.45) is 0 Å². The number of benzene rings is 2. The predicted octanol–water partition coefficient (Wildman–Crippen LogP) is 3.49. The average Bonchev–Trinajstić information content (AvgIpc) is 3.28. The number of alkyl carbamates (subject to hydrolysis) is 1. The molecule has 2 atom stereocenters. The number of nitrogens with zero attached hydrogens (tertiary/aromatic N) is 1. The van der Waals surface area contributed by atoms with E-state index in [1.54, 1.807) is 0 Å². The van der Waals surface area contributed by atoms with Gasteiger partial charge in [0.25, 0.3) is 5.91 Å². The topological polar surface area (TPSA) is 102 Å². The Balaban J connectivity index is 1.35. The van der Waals surface area contributed by atoms with E-state index in [1.165, 1.54) is 0 Å². The molecule has 0 saturated carbocycles. The van der Waals surface area contributed by atoms with Crippen LogP contribution in [0.2, 0.25) is 0 Å². The van der Waals surface area contributed by atoms with E-state index in [0.29, 0.717) is 25.2 Å². The Kier molecular flexibility index (Phi) is 5.63. The summed E-state index contributed by atoms with van der Waals surface area (Å²) in [6, 6.07) is 17.0. The van der Waals surface area contributed by atoms with Gasteiger partial charge >= 0.3 is 6.09 Å². The number of ether oxygens (including phenoxy) is 1. The average molecular weight is 406 g/mol. The third-order valence-corrected chi connectivity index (χ3v) is 5.12. The fraction of sp³-hybridized carbons (Fsp3) is 0.261. The van der Waals surface area contributed by atoms with Crippen LogP contribution in [0.15, 0.2) is 59.0 Å². The van der Waals surface area contributed by atoms with Crippen LogP contribution >= 0.6 is 0 Å². The van der Waals surface area contributed by atoms with Gasteiger partial charge < -0.3 is 14.3 Å². The highest BCUT2D eigenvalue weighted by Crippen LogP contribution is 2.25. The number of aliphatic hydroxyl groups is 1. The van der Waals surface area contributed by atoms with E-state index in [9.17, 15) is 14.7 Å². The summed E-state index contributed by atoms with van der Waals surface area (Å²) in [6.45, 7) is 1.88. The molecule has 2 aromatic carbocycles. The Morgan fingerprint density at radius 3 is 2.50 bits per heavy atom. The van der Waals surface area contributed by atoms with Gasteiger partial charge in [0.05, 0.1) is 11.8 Å². The summed E-state index contributed by atoms with van der Waals surface area (Å²) in [4.78, 5) is 27.3. The van der Waals surface area contributed by atoms with Crippen LogP contribution in [-0.4, -0.2) is 28.2 Å². The van der Waals surface area contributed by atoms with Gasteiger partial charge in [-0.05, 0) is 43.0 Å². The quantitative estimate of drug-likeness (QED) is 0.623. The fourth-order valence-corrected chi connectivity index (χ4v) is 3.42. The molecule has 0 bridgehead atoms. The van der Waals surface area contributed by atoms with Gasteiger partial charge in [0.15, 0.2) is 6.10 Å². The van der Waals surface area contributed by atoms with Gasteiger partial charge in [-0.15, -0.1) is 0 Å². The van der Waals surface area contributed by atoms with Crippen LogP contribution in [0.1, 0.15) is 35.1 Å². The maximum atomic E-state index is 11.6. The van der Waals surface area contributed by atoms with E-state index in [2.05, 4.69) is 10.3 Å². The molecule has 7 nitrogen and oxygen atoms in total. The second kappa shape index (κ2) is 8.51. The van der Waals surface area contributed by atoms with Crippen molar-refractivity contribution >= 4 is 12.0 Å². The lowest BCUT2D eigenvalue weighted by Crippen LogP contribution is -2.25. The van der Waals surface area contributed by atoms with Crippen molar-refractivity contribution in [3.8, 4) is 11.5 Å². The number of carbonyl (C=O) groups excluding carboxylic acids is 2. The zero-order valence-corrected chi connectivity index (χ0v) is 16.5. The SMILES string of the molecule is Cc1oc(-c2ccccc2)nc1CCC(O)c1ccc(CC2OC(=O)NC2=O)cc1. The molecule has 3 aromatic rings. The van der Waals surface area contributed by atoms with Crippen LogP contribution in [0.4, 0.5) is 4.79 Å². The summed E-state index contributed by atoms with van der Waals surface area (Å²) in [5, 5.41) is 12.7. The zero-order valence-electron chi connectivity index (χ0n) is 16.5. The number of imide groups is 1. The van der Waals surface area contributed by atoms with Crippen LogP contribution in [0.5, 0.6) is 0 Å². The molecule has 0 spiro atoms. The summed E-state index contributed by atoms with van der Waals surface area (Å²) in [6.07, 6.45) is -0.776. The van der Waals surface area contributed by atoms with E-state index >= 15 is 0 Å². The molecule has 2 heterocycles. The first-order chi connectivity index (χ1) is 14.5. The van der Waals surface area contributed by atoms with E-state index in [-0.39, 0.29) is 0 Å². The van der Waals surface area contributed by atoms with Gasteiger partial charge in [-0.2, -0.15) is 0 Å². The van der Waals surface area contributed by atoms with E-state index in [0.717, 1.165) is 28.1 Å². The summed E-state index contributed by atoms with van der Waals surface area (Å²) >= 11 is 0. The number of nitrogens with one attached hydrogen (secondary N) is 1. The third-order valence-electron chi connectivity index (χ3n) is 5.12. The number of amides is 2. The van der Waals surface area contributed by atoms with Gasteiger partial charge in [0, 0.05) is 12.0 Å². The fourth-order valence-electron chi connectivity index (χ4n) is 3.42. The Labute approximate surface area is 173 Å². The standard InChI is InChI=1S/C23H22N2O5/c1-14-18(24-22(29-14)17-5-3-2-4-6-17)11-12-19(26)16-9-7-15(8-10-16)13-20-21(27)25-23(28)30-20/h2-10,19-20,26H,11-13H2,1H3,(H,25,27,28). The van der Waals surface area contributed by atoms with Gasteiger partial charge in [-0.3, -0.25) is 10.1 Å². The molecule has 1 fully saturated rings. The monoisotopic (exact) mass is 406 g/mol. The number of oxazole rings is 1. The molecule has 0 radical (unpaired) electrons. The number of hydrogen-bond acceptors (Lipinski definition) is 6. The molecule has 154 valence electrons.